The topological polar surface area (TPSA) is 124 Å². The molecule has 0 saturated carbocycles. The molecule has 11 heteroatoms. The van der Waals surface area contributed by atoms with Crippen molar-refractivity contribution in [3.8, 4) is 0 Å². The molecular formula is CH4NNaO7S2. The monoisotopic (exact) mass is 229 g/mol. The van der Waals surface area contributed by atoms with Crippen LogP contribution in [0.25, 0.3) is 0 Å². The van der Waals surface area contributed by atoms with Gasteiger partial charge in [0.2, 0.25) is 10.3 Å². The summed E-state index contributed by atoms with van der Waals surface area (Å²) in [6.45, 7) is 0. The Balaban J connectivity index is 0. The molecule has 0 aliphatic rings. The van der Waals surface area contributed by atoms with E-state index in [0.717, 1.165) is 0 Å². The molecule has 0 bridgehead atoms. The summed E-state index contributed by atoms with van der Waals surface area (Å²) in [6, 6.07) is 0. The maximum absolute atomic E-state index is 9.99. The molecule has 12 heavy (non-hydrogen) atoms. The SMILES string of the molecule is CON(S(=O)(=O)[O-])S(=O)(=O)O.[Na+]. The summed E-state index contributed by atoms with van der Waals surface area (Å²) >= 11 is 0. The molecule has 68 valence electrons. The fourth-order valence-corrected chi connectivity index (χ4v) is 1.59. The minimum absolute atomic E-state index is 0. The van der Waals surface area contributed by atoms with E-state index in [1.165, 1.54) is 0 Å². The van der Waals surface area contributed by atoms with Gasteiger partial charge >= 0.3 is 39.9 Å². The number of hydrogen-bond donors (Lipinski definition) is 1. The van der Waals surface area contributed by atoms with Gasteiger partial charge in [0, 0.05) is 3.87 Å². The van der Waals surface area contributed by atoms with Crippen LogP contribution in [0.4, 0.5) is 0 Å². The van der Waals surface area contributed by atoms with Gasteiger partial charge < -0.3 is 4.55 Å². The van der Waals surface area contributed by atoms with Crippen molar-refractivity contribution < 1.29 is 60.3 Å². The molecule has 0 spiro atoms. The van der Waals surface area contributed by atoms with Gasteiger partial charge in [0.05, 0.1) is 7.11 Å². The van der Waals surface area contributed by atoms with E-state index in [2.05, 4.69) is 4.84 Å². The molecule has 0 aromatic carbocycles. The fourth-order valence-electron chi connectivity index (χ4n) is 0.301. The molecule has 0 atom stereocenters. The summed E-state index contributed by atoms with van der Waals surface area (Å²) in [5.41, 5.74) is 0. The van der Waals surface area contributed by atoms with Crippen molar-refractivity contribution >= 4 is 20.6 Å². The quantitative estimate of drug-likeness (QED) is 0.292. The number of hydrogen-bond acceptors (Lipinski definition) is 6. The van der Waals surface area contributed by atoms with E-state index in [1.54, 1.807) is 0 Å². The van der Waals surface area contributed by atoms with Crippen LogP contribution < -0.4 is 29.6 Å². The van der Waals surface area contributed by atoms with Crippen LogP contribution >= 0.6 is 0 Å². The zero-order valence-corrected chi connectivity index (χ0v) is 9.79. The van der Waals surface area contributed by atoms with Crippen molar-refractivity contribution in [3.05, 3.63) is 0 Å². The Morgan fingerprint density at radius 2 is 1.67 bits per heavy atom. The summed E-state index contributed by atoms with van der Waals surface area (Å²) in [6.07, 6.45) is 0. The van der Waals surface area contributed by atoms with Crippen LogP contribution in [0, 0.1) is 0 Å². The van der Waals surface area contributed by atoms with Crippen LogP contribution in [-0.2, 0) is 25.4 Å². The molecule has 0 rings (SSSR count). The Labute approximate surface area is 91.5 Å². The average Bonchev–Trinajstić information content (AvgIpc) is 1.56. The first-order valence-corrected chi connectivity index (χ1v) is 4.73. The minimum Gasteiger partial charge on any atom is -0.733 e. The Morgan fingerprint density at radius 3 is 1.67 bits per heavy atom. The molecule has 0 unspecified atom stereocenters. The van der Waals surface area contributed by atoms with E-state index in [0.29, 0.717) is 7.11 Å². The zero-order valence-electron chi connectivity index (χ0n) is 6.16. The third kappa shape index (κ3) is 4.69. The summed E-state index contributed by atoms with van der Waals surface area (Å²) < 4.78 is 56.7. The van der Waals surface area contributed by atoms with Gasteiger partial charge in [-0.1, -0.05) is 0 Å². The Bertz CT molecular complexity index is 283. The fraction of sp³-hybridized carbons (Fsp3) is 1.00. The van der Waals surface area contributed by atoms with Gasteiger partial charge in [-0.2, -0.15) is 8.42 Å². The van der Waals surface area contributed by atoms with Crippen LogP contribution in [0.15, 0.2) is 0 Å². The molecule has 0 aromatic heterocycles. The maximum Gasteiger partial charge on any atom is 1.00 e. The molecule has 8 nitrogen and oxygen atoms in total. The summed E-state index contributed by atoms with van der Waals surface area (Å²) in [7, 11) is -9.91. The van der Waals surface area contributed by atoms with Gasteiger partial charge in [0.1, 0.15) is 0 Å². The Hall–Kier alpha value is 0.740. The third-order valence-corrected chi connectivity index (χ3v) is 2.67. The minimum atomic E-state index is -5.35. The number of nitrogens with zero attached hydrogens (tertiary/aromatic N) is 1. The van der Waals surface area contributed by atoms with Gasteiger partial charge in [-0.15, -0.1) is 0 Å². The van der Waals surface area contributed by atoms with Crippen LogP contribution in [-0.4, -0.2) is 36.9 Å². The van der Waals surface area contributed by atoms with Crippen molar-refractivity contribution in [2.45, 2.75) is 0 Å². The first-order valence-electron chi connectivity index (χ1n) is 1.97. The first kappa shape index (κ1) is 15.2. The normalized spacial score (nSPS) is 12.7. The summed E-state index contributed by atoms with van der Waals surface area (Å²) in [5, 5.41) is 0. The van der Waals surface area contributed by atoms with E-state index in [9.17, 15) is 21.4 Å². The second-order valence-electron chi connectivity index (χ2n) is 1.28. The van der Waals surface area contributed by atoms with Crippen LogP contribution in [0.1, 0.15) is 0 Å². The van der Waals surface area contributed by atoms with E-state index < -0.39 is 24.5 Å². The molecule has 0 heterocycles. The largest absolute Gasteiger partial charge is 1.00 e. The Morgan fingerprint density at radius 1 is 1.33 bits per heavy atom. The predicted octanol–water partition coefficient (Wildman–Crippen LogP) is -4.88. The molecule has 0 fully saturated rings. The average molecular weight is 229 g/mol. The van der Waals surface area contributed by atoms with Crippen LogP contribution in [0.5, 0.6) is 0 Å². The van der Waals surface area contributed by atoms with Crippen molar-refractivity contribution in [2.24, 2.45) is 0 Å². The van der Waals surface area contributed by atoms with Gasteiger partial charge in [-0.3, -0.25) is 9.39 Å². The van der Waals surface area contributed by atoms with Gasteiger partial charge in [-0.25, -0.2) is 8.42 Å². The molecule has 0 aliphatic heterocycles. The molecule has 0 amide bonds. The van der Waals surface area contributed by atoms with Crippen LogP contribution in [0.2, 0.25) is 0 Å². The van der Waals surface area contributed by atoms with E-state index in [4.69, 9.17) is 4.55 Å². The summed E-state index contributed by atoms with van der Waals surface area (Å²) in [4.78, 5) is 3.57. The van der Waals surface area contributed by atoms with Crippen molar-refractivity contribution in [2.75, 3.05) is 7.11 Å². The number of rotatable bonds is 3. The third-order valence-electron chi connectivity index (χ3n) is 0.520. The molecule has 1 N–H and O–H groups in total. The maximum atomic E-state index is 9.99. The molecule has 0 aliphatic carbocycles. The van der Waals surface area contributed by atoms with Crippen molar-refractivity contribution in [1.82, 2.24) is 3.87 Å². The van der Waals surface area contributed by atoms with Crippen LogP contribution in [0.3, 0.4) is 0 Å². The van der Waals surface area contributed by atoms with E-state index in [1.807, 2.05) is 0 Å². The molecule has 0 saturated heterocycles. The second kappa shape index (κ2) is 4.83. The van der Waals surface area contributed by atoms with E-state index in [-0.39, 0.29) is 29.6 Å². The second-order valence-corrected chi connectivity index (χ2v) is 3.93. The Kier molecular flexibility index (Phi) is 6.13. The summed E-state index contributed by atoms with van der Waals surface area (Å²) in [5.74, 6) is 0. The molecule has 0 aromatic rings. The zero-order chi connectivity index (χ0) is 9.28. The molecule has 0 radical (unpaired) electrons. The standard InChI is InChI=1S/CH5NO7S2.Na/c1-9-2(10(3,4)5)11(6,7)8;/h1H3,(H,3,4,5)(H,6,7,8);/q;+1/p-1. The van der Waals surface area contributed by atoms with Gasteiger partial charge in [0.25, 0.3) is 0 Å². The first-order chi connectivity index (χ1) is 4.69. The van der Waals surface area contributed by atoms with Gasteiger partial charge in [0.15, 0.2) is 0 Å². The smallest absolute Gasteiger partial charge is 0.733 e. The van der Waals surface area contributed by atoms with Crippen molar-refractivity contribution in [3.63, 3.8) is 0 Å². The van der Waals surface area contributed by atoms with Crippen molar-refractivity contribution in [1.29, 1.82) is 0 Å². The molecular weight excluding hydrogens is 225 g/mol. The van der Waals surface area contributed by atoms with Gasteiger partial charge in [-0.05, 0) is 0 Å². The predicted molar refractivity (Wildman–Crippen MR) is 30.1 cm³/mol. The van der Waals surface area contributed by atoms with E-state index >= 15 is 0 Å².